The van der Waals surface area contributed by atoms with Gasteiger partial charge in [0.1, 0.15) is 0 Å². The summed E-state index contributed by atoms with van der Waals surface area (Å²) in [4.78, 5) is 57.9. The molecular weight excluding hydrogens is 361 g/mol. The van der Waals surface area contributed by atoms with Crippen molar-refractivity contribution in [1.82, 2.24) is 9.71 Å². The van der Waals surface area contributed by atoms with Crippen molar-refractivity contribution in [3.63, 3.8) is 0 Å². The number of H-pyrrole nitrogens is 1. The van der Waals surface area contributed by atoms with Crippen LogP contribution in [0.5, 0.6) is 0 Å². The maximum absolute atomic E-state index is 11.3. The van der Waals surface area contributed by atoms with E-state index in [1.807, 2.05) is 0 Å². The SMILES string of the molecule is O=c1ccn(OP(=O)(O)OP(=O)(O)OP(=O)(O)O)c(=O)[nH]1. The molecule has 0 radical (unpaired) electrons. The summed E-state index contributed by atoms with van der Waals surface area (Å²) in [6.45, 7) is 0. The van der Waals surface area contributed by atoms with Gasteiger partial charge in [-0.2, -0.15) is 8.62 Å². The molecule has 120 valence electrons. The molecule has 0 saturated carbocycles. The Bertz CT molecular complexity index is 771. The molecule has 1 aromatic heterocycles. The number of hydrogen-bond donors (Lipinski definition) is 5. The van der Waals surface area contributed by atoms with Gasteiger partial charge in [0.15, 0.2) is 0 Å². The first-order chi connectivity index (χ1) is 9.30. The number of nitrogens with one attached hydrogen (secondary N) is 1. The maximum atomic E-state index is 11.3. The van der Waals surface area contributed by atoms with Crippen LogP contribution < -0.4 is 15.9 Å². The molecule has 1 aromatic rings. The lowest BCUT2D eigenvalue weighted by molar-refractivity contribution is 0.153. The number of rotatable bonds is 6. The van der Waals surface area contributed by atoms with Crippen molar-refractivity contribution in [2.24, 2.45) is 0 Å². The van der Waals surface area contributed by atoms with Gasteiger partial charge in [-0.05, 0) is 0 Å². The number of phosphoric acid groups is 3. The Morgan fingerprint density at radius 3 is 2.05 bits per heavy atom. The molecule has 1 rings (SSSR count). The zero-order valence-corrected chi connectivity index (χ0v) is 12.2. The highest BCUT2D eigenvalue weighted by Crippen LogP contribution is 2.65. The maximum Gasteiger partial charge on any atom is 0.555 e. The zero-order chi connectivity index (χ0) is 16.5. The summed E-state index contributed by atoms with van der Waals surface area (Å²) in [6.07, 6.45) is 0.583. The molecule has 0 spiro atoms. The van der Waals surface area contributed by atoms with Crippen molar-refractivity contribution >= 4 is 23.5 Å². The van der Waals surface area contributed by atoms with Crippen LogP contribution in [0.3, 0.4) is 0 Å². The third-order valence-corrected chi connectivity index (χ3v) is 5.11. The van der Waals surface area contributed by atoms with E-state index in [0.717, 1.165) is 0 Å². The molecule has 21 heavy (non-hydrogen) atoms. The average molecular weight is 368 g/mol. The Hall–Kier alpha value is -1.07. The van der Waals surface area contributed by atoms with Gasteiger partial charge in [0.05, 0.1) is 6.20 Å². The molecule has 5 N–H and O–H groups in total. The molecule has 0 amide bonds. The first-order valence-electron chi connectivity index (χ1n) is 4.46. The first kappa shape index (κ1) is 18.0. The van der Waals surface area contributed by atoms with Crippen molar-refractivity contribution in [2.75, 3.05) is 0 Å². The lowest BCUT2D eigenvalue weighted by atomic mass is 10.7. The summed E-state index contributed by atoms with van der Waals surface area (Å²) >= 11 is 0. The first-order valence-corrected chi connectivity index (χ1v) is 8.98. The van der Waals surface area contributed by atoms with E-state index in [1.54, 1.807) is 4.98 Å². The minimum Gasteiger partial charge on any atom is -0.307 e. The van der Waals surface area contributed by atoms with Gasteiger partial charge in [-0.25, -0.2) is 18.5 Å². The molecule has 14 nitrogen and oxygen atoms in total. The molecule has 17 heteroatoms. The topological polar surface area (TPSA) is 215 Å². The highest BCUT2D eigenvalue weighted by molar-refractivity contribution is 7.66. The molecule has 0 aliphatic heterocycles. The molecule has 2 atom stereocenters. The minimum atomic E-state index is -5.69. The Morgan fingerprint density at radius 1 is 1.00 bits per heavy atom. The monoisotopic (exact) mass is 368 g/mol. The Morgan fingerprint density at radius 2 is 1.57 bits per heavy atom. The van der Waals surface area contributed by atoms with Crippen molar-refractivity contribution in [2.45, 2.75) is 0 Å². The van der Waals surface area contributed by atoms with Gasteiger partial charge in [0.25, 0.3) is 5.56 Å². The van der Waals surface area contributed by atoms with E-state index in [4.69, 9.17) is 19.6 Å². The summed E-state index contributed by atoms with van der Waals surface area (Å²) < 4.78 is 43.4. The van der Waals surface area contributed by atoms with E-state index in [0.29, 0.717) is 12.3 Å². The van der Waals surface area contributed by atoms with Crippen molar-refractivity contribution in [3.05, 3.63) is 33.1 Å². The van der Waals surface area contributed by atoms with Gasteiger partial charge in [-0.1, -0.05) is 0 Å². The molecule has 2 unspecified atom stereocenters. The van der Waals surface area contributed by atoms with E-state index in [-0.39, 0.29) is 4.73 Å². The number of hydrogen-bond acceptors (Lipinski definition) is 8. The normalized spacial score (nSPS) is 17.7. The Balaban J connectivity index is 2.94. The zero-order valence-electron chi connectivity index (χ0n) is 9.50. The number of aromatic nitrogens is 2. The van der Waals surface area contributed by atoms with E-state index in [1.165, 1.54) is 0 Å². The predicted octanol–water partition coefficient (Wildman–Crippen LogP) is -1.71. The summed E-state index contributed by atoms with van der Waals surface area (Å²) in [7, 11) is -16.7. The molecule has 0 aliphatic carbocycles. The van der Waals surface area contributed by atoms with Crippen LogP contribution in [0.25, 0.3) is 0 Å². The summed E-state index contributed by atoms with van der Waals surface area (Å²) in [5.74, 6) is 0. The fraction of sp³-hybridized carbons (Fsp3) is 0. The molecule has 0 bridgehead atoms. The fourth-order valence-electron chi connectivity index (χ4n) is 0.875. The molecule has 0 saturated heterocycles. The molecule has 0 aromatic carbocycles. The lowest BCUT2D eigenvalue weighted by Crippen LogP contribution is -2.32. The van der Waals surface area contributed by atoms with Gasteiger partial charge >= 0.3 is 29.2 Å². The highest BCUT2D eigenvalue weighted by Gasteiger charge is 2.42. The smallest absolute Gasteiger partial charge is 0.307 e. The van der Waals surface area contributed by atoms with Gasteiger partial charge < -0.3 is 19.3 Å². The highest BCUT2D eigenvalue weighted by atomic mass is 31.3. The fourth-order valence-corrected chi connectivity index (χ4v) is 3.85. The third kappa shape index (κ3) is 6.48. The van der Waals surface area contributed by atoms with Crippen molar-refractivity contribution in [1.29, 1.82) is 0 Å². The second kappa shape index (κ2) is 5.97. The summed E-state index contributed by atoms with van der Waals surface area (Å²) in [5.41, 5.74) is -2.20. The molecular formula is C4H7N2O12P3. The van der Waals surface area contributed by atoms with E-state index in [2.05, 4.69) is 13.2 Å². The summed E-state index contributed by atoms with van der Waals surface area (Å²) in [5, 5.41) is 0. The third-order valence-electron chi connectivity index (χ3n) is 1.40. The van der Waals surface area contributed by atoms with E-state index < -0.39 is 34.7 Å². The van der Waals surface area contributed by atoms with Crippen LogP contribution >= 0.6 is 23.5 Å². The average Bonchev–Trinajstić information content (AvgIpc) is 2.16. The van der Waals surface area contributed by atoms with E-state index in [9.17, 15) is 23.3 Å². The Labute approximate surface area is 114 Å². The standard InChI is InChI=1S/C4H7N2O12P3/c7-3-1-2-6(4(8)5-3)16-20(12,13)18-21(14,15)17-19(9,10)11/h1-2H,(H,12,13)(H,14,15)(H,5,7,8)(H2,9,10,11). The lowest BCUT2D eigenvalue weighted by Gasteiger charge is -2.16. The summed E-state index contributed by atoms with van der Waals surface area (Å²) in [6, 6.07) is 0.700. The van der Waals surface area contributed by atoms with Gasteiger partial charge in [0.2, 0.25) is 0 Å². The van der Waals surface area contributed by atoms with Gasteiger partial charge in [-0.15, -0.1) is 4.73 Å². The quantitative estimate of drug-likeness (QED) is 0.355. The molecule has 0 fully saturated rings. The van der Waals surface area contributed by atoms with Gasteiger partial charge in [0, 0.05) is 6.07 Å². The van der Waals surface area contributed by atoms with Crippen LogP contribution in [0.15, 0.2) is 21.9 Å². The minimum absolute atomic E-state index is 0.0281. The second-order valence-corrected chi connectivity index (χ2v) is 7.43. The van der Waals surface area contributed by atoms with Crippen LogP contribution in [0.4, 0.5) is 0 Å². The second-order valence-electron chi connectivity index (χ2n) is 3.11. The van der Waals surface area contributed by atoms with E-state index >= 15 is 0 Å². The van der Waals surface area contributed by atoms with Crippen molar-refractivity contribution in [3.8, 4) is 0 Å². The largest absolute Gasteiger partial charge is 0.555 e. The number of nitrogens with zero attached hydrogens (tertiary/aromatic N) is 1. The number of aromatic amines is 1. The van der Waals surface area contributed by atoms with Crippen LogP contribution in [0, 0.1) is 0 Å². The van der Waals surface area contributed by atoms with Gasteiger partial charge in [-0.3, -0.25) is 14.7 Å². The van der Waals surface area contributed by atoms with Crippen LogP contribution in [0.1, 0.15) is 0 Å². The van der Waals surface area contributed by atoms with Crippen LogP contribution in [-0.2, 0) is 22.3 Å². The molecule has 1 heterocycles. The van der Waals surface area contributed by atoms with Crippen molar-refractivity contribution < 1.29 is 46.5 Å². The molecule has 0 aliphatic rings. The Kier molecular flexibility index (Phi) is 5.11. The van der Waals surface area contributed by atoms with Crippen LogP contribution in [-0.4, -0.2) is 29.3 Å². The van der Waals surface area contributed by atoms with Crippen LogP contribution in [0.2, 0.25) is 0 Å². The predicted molar refractivity (Wildman–Crippen MR) is 61.8 cm³/mol.